The lowest BCUT2D eigenvalue weighted by atomic mass is 9.51. The Labute approximate surface area is 332 Å². The maximum absolute atomic E-state index is 15.2. The van der Waals surface area contributed by atoms with E-state index in [1.54, 1.807) is 61.2 Å². The molecule has 0 spiro atoms. The predicted molar refractivity (Wildman–Crippen MR) is 210 cm³/mol. The van der Waals surface area contributed by atoms with E-state index in [2.05, 4.69) is 0 Å². The summed E-state index contributed by atoms with van der Waals surface area (Å²) < 4.78 is 8.35. The van der Waals surface area contributed by atoms with E-state index < -0.39 is 52.8 Å². The Hall–Kier alpha value is -5.01. The van der Waals surface area contributed by atoms with Gasteiger partial charge in [0.1, 0.15) is 11.5 Å². The molecule has 2 aliphatic heterocycles. The summed E-state index contributed by atoms with van der Waals surface area (Å²) in [5, 5.41) is 27.2. The Morgan fingerprint density at radius 3 is 2.59 bits per heavy atom. The van der Waals surface area contributed by atoms with Gasteiger partial charge in [0, 0.05) is 47.3 Å². The zero-order valence-electron chi connectivity index (χ0n) is 31.6. The number of aromatic hydroxyl groups is 1. The number of halogens is 1. The first-order valence-electron chi connectivity index (χ1n) is 19.1. The Kier molecular flexibility index (Phi) is 9.59. The number of carbonyl (C=O) groups excluding carboxylic acids is 4. The number of fused-ring (bicyclic) bond motifs is 5. The Morgan fingerprint density at radius 2 is 1.84 bits per heavy atom. The third kappa shape index (κ3) is 5.76. The van der Waals surface area contributed by atoms with Gasteiger partial charge in [-0.1, -0.05) is 41.8 Å². The van der Waals surface area contributed by atoms with Crippen LogP contribution in [0.2, 0.25) is 5.02 Å². The highest BCUT2D eigenvalue weighted by atomic mass is 35.5. The molecular formula is C42H43ClN4O8S. The van der Waals surface area contributed by atoms with Gasteiger partial charge in [-0.2, -0.15) is 5.10 Å². The number of benzene rings is 2. The molecule has 8 rings (SSSR count). The molecule has 2 aromatic heterocycles. The average molecular weight is 799 g/mol. The molecule has 6 unspecified atom stereocenters. The number of imide groups is 2. The third-order valence-corrected chi connectivity index (χ3v) is 14.0. The van der Waals surface area contributed by atoms with Gasteiger partial charge in [0.15, 0.2) is 11.5 Å². The number of aryl methyl sites for hydroxylation is 2. The number of carbonyl (C=O) groups is 5. The molecule has 6 atom stereocenters. The molecule has 3 fully saturated rings. The van der Waals surface area contributed by atoms with E-state index in [1.165, 1.54) is 9.80 Å². The van der Waals surface area contributed by atoms with Gasteiger partial charge in [-0.3, -0.25) is 33.6 Å². The van der Waals surface area contributed by atoms with Gasteiger partial charge in [0.25, 0.3) is 0 Å². The molecule has 1 saturated carbocycles. The van der Waals surface area contributed by atoms with Crippen LogP contribution in [0.25, 0.3) is 20.7 Å². The van der Waals surface area contributed by atoms with E-state index in [4.69, 9.17) is 26.5 Å². The second-order valence-electron chi connectivity index (χ2n) is 15.5. The summed E-state index contributed by atoms with van der Waals surface area (Å²) in [5.41, 5.74) is 1.38. The Balaban J connectivity index is 1.19. The number of carboxylic acids is 1. The minimum atomic E-state index is -1.38. The maximum Gasteiger partial charge on any atom is 0.303 e. The highest BCUT2D eigenvalue weighted by Crippen LogP contribution is 2.65. The minimum Gasteiger partial charge on any atom is -0.504 e. The van der Waals surface area contributed by atoms with E-state index in [9.17, 15) is 24.3 Å². The summed E-state index contributed by atoms with van der Waals surface area (Å²) in [6.07, 6.45) is 3.90. The van der Waals surface area contributed by atoms with E-state index in [-0.39, 0.29) is 49.1 Å². The number of carboxylic acid groups (broad SMARTS) is 1. The number of aromatic nitrogens is 2. The molecule has 0 bridgehead atoms. The van der Waals surface area contributed by atoms with Crippen molar-refractivity contribution in [2.24, 2.45) is 36.1 Å². The molecular weight excluding hydrogens is 756 g/mol. The van der Waals surface area contributed by atoms with Crippen molar-refractivity contribution in [1.82, 2.24) is 14.7 Å². The van der Waals surface area contributed by atoms with Gasteiger partial charge in [-0.15, -0.1) is 11.3 Å². The summed E-state index contributed by atoms with van der Waals surface area (Å²) in [7, 11) is 1.70. The van der Waals surface area contributed by atoms with Crippen molar-refractivity contribution in [1.29, 1.82) is 0 Å². The second-order valence-corrected chi connectivity index (χ2v) is 17.0. The molecule has 12 nitrogen and oxygen atoms in total. The summed E-state index contributed by atoms with van der Waals surface area (Å²) in [4.78, 5) is 72.5. The molecule has 0 radical (unpaired) electrons. The molecule has 2 N–H and O–H groups in total. The van der Waals surface area contributed by atoms with Crippen LogP contribution in [0.5, 0.6) is 11.5 Å². The van der Waals surface area contributed by atoms with Crippen LogP contribution in [0.1, 0.15) is 69.4 Å². The van der Waals surface area contributed by atoms with Crippen molar-refractivity contribution in [3.05, 3.63) is 70.3 Å². The van der Waals surface area contributed by atoms with Gasteiger partial charge in [-0.05, 0) is 87.6 Å². The summed E-state index contributed by atoms with van der Waals surface area (Å²) >= 11 is 7.87. The first kappa shape index (κ1) is 37.9. The number of nitrogens with zero attached hydrogens (tertiary/aromatic N) is 4. The van der Waals surface area contributed by atoms with E-state index in [0.717, 1.165) is 26.1 Å². The number of likely N-dealkylation sites (tertiary alicyclic amines) is 1. The Morgan fingerprint density at radius 1 is 1.05 bits per heavy atom. The molecule has 14 heteroatoms. The average Bonchev–Trinajstić information content (AvgIpc) is 3.83. The van der Waals surface area contributed by atoms with Gasteiger partial charge < -0.3 is 14.9 Å². The standard InChI is InChI=1S/C42H43ClN4O8S/c1-5-55-30-11-9-10-25(36(30)50)35-23-14-15-24-34(40(53)46(38(24)51)17-8-6-7-12-33(48)49)27(23)19-28-39(52)47(41(54)42(28,35)3)32-20-29(44-45(32)4)37-21(2)26-18-22(43)13-16-31(26)56-37/h9-11,13-14,16,18,20,24,27-28,34-35,50H,5-8,12,15,17,19H2,1-4H3,(H,48,49). The number of anilines is 1. The monoisotopic (exact) mass is 798 g/mol. The largest absolute Gasteiger partial charge is 0.504 e. The predicted octanol–water partition coefficient (Wildman–Crippen LogP) is 7.24. The van der Waals surface area contributed by atoms with Crippen molar-refractivity contribution < 1.29 is 38.9 Å². The number of amides is 4. The lowest BCUT2D eigenvalue weighted by molar-refractivity contribution is -0.141. The summed E-state index contributed by atoms with van der Waals surface area (Å²) in [6, 6.07) is 12.6. The lowest BCUT2D eigenvalue weighted by Gasteiger charge is -2.49. The zero-order chi connectivity index (χ0) is 39.8. The van der Waals surface area contributed by atoms with Crippen molar-refractivity contribution in [2.45, 2.75) is 65.2 Å². The summed E-state index contributed by atoms with van der Waals surface area (Å²) in [6.45, 7) is 6.06. The molecule has 2 aromatic carbocycles. The van der Waals surface area contributed by atoms with Crippen LogP contribution in [-0.4, -0.2) is 67.6 Å². The topological polar surface area (TPSA) is 159 Å². The molecule has 292 valence electrons. The normalized spacial score (nSPS) is 25.8. The fourth-order valence-electron chi connectivity index (χ4n) is 9.85. The number of unbranched alkanes of at least 4 members (excludes halogenated alkanes) is 2. The Bertz CT molecular complexity index is 2370. The van der Waals surface area contributed by atoms with Crippen LogP contribution in [0.15, 0.2) is 54.1 Å². The van der Waals surface area contributed by atoms with Crippen molar-refractivity contribution in [3.63, 3.8) is 0 Å². The second kappa shape index (κ2) is 14.2. The molecule has 2 saturated heterocycles. The number of phenolic OH excluding ortho intramolecular Hbond substituents is 1. The number of phenols is 1. The van der Waals surface area contributed by atoms with Crippen molar-refractivity contribution in [2.75, 3.05) is 18.1 Å². The van der Waals surface area contributed by atoms with Crippen molar-refractivity contribution >= 4 is 68.4 Å². The minimum absolute atomic E-state index is 0.0192. The first-order chi connectivity index (χ1) is 26.8. The quantitative estimate of drug-likeness (QED) is 0.0906. The SMILES string of the molecule is CCOc1cccc(C2C3=CCC4C(=O)N(CCCCCC(=O)O)C(=O)C4C3CC3C(=O)N(c4cc(-c5sc6ccc(Cl)cc6c5C)nn4C)C(=O)C32C)c1O. The molecule has 4 heterocycles. The number of thiophene rings is 1. The van der Waals surface area contributed by atoms with Crippen molar-refractivity contribution in [3.8, 4) is 22.1 Å². The van der Waals surface area contributed by atoms with E-state index in [0.29, 0.717) is 48.0 Å². The zero-order valence-corrected chi connectivity index (χ0v) is 33.2. The number of allylic oxidation sites excluding steroid dienone is 2. The molecule has 4 amide bonds. The van der Waals surface area contributed by atoms with E-state index >= 15 is 4.79 Å². The molecule has 56 heavy (non-hydrogen) atoms. The molecule has 4 aromatic rings. The number of hydrogen-bond donors (Lipinski definition) is 2. The fourth-order valence-corrected chi connectivity index (χ4v) is 11.2. The molecule has 4 aliphatic rings. The maximum atomic E-state index is 15.2. The fraction of sp³-hybridized carbons (Fsp3) is 0.429. The molecule has 2 aliphatic carbocycles. The number of ether oxygens (including phenoxy) is 1. The van der Waals surface area contributed by atoms with Crippen LogP contribution in [0.3, 0.4) is 0 Å². The van der Waals surface area contributed by atoms with Crippen LogP contribution >= 0.6 is 22.9 Å². The van der Waals surface area contributed by atoms with Crippen LogP contribution in [0.4, 0.5) is 5.82 Å². The number of rotatable bonds is 11. The van der Waals surface area contributed by atoms with Gasteiger partial charge in [-0.25, -0.2) is 4.90 Å². The van der Waals surface area contributed by atoms with Crippen LogP contribution < -0.4 is 9.64 Å². The lowest BCUT2D eigenvalue weighted by Crippen LogP contribution is -2.49. The number of hydrogen-bond acceptors (Lipinski definition) is 9. The smallest absolute Gasteiger partial charge is 0.303 e. The summed E-state index contributed by atoms with van der Waals surface area (Å²) in [5.74, 6) is -5.54. The van der Waals surface area contributed by atoms with Gasteiger partial charge in [0.05, 0.1) is 34.7 Å². The van der Waals surface area contributed by atoms with Gasteiger partial charge >= 0.3 is 5.97 Å². The van der Waals surface area contributed by atoms with Crippen LogP contribution in [-0.2, 0) is 31.0 Å². The van der Waals surface area contributed by atoms with Crippen LogP contribution in [0, 0.1) is 36.0 Å². The third-order valence-electron chi connectivity index (χ3n) is 12.5. The highest BCUT2D eigenvalue weighted by molar-refractivity contribution is 7.22. The van der Waals surface area contributed by atoms with Gasteiger partial charge in [0.2, 0.25) is 23.6 Å². The number of aliphatic carboxylic acids is 1. The number of para-hydroxylation sites is 1. The highest BCUT2D eigenvalue weighted by Gasteiger charge is 2.68. The first-order valence-corrected chi connectivity index (χ1v) is 20.3. The van der Waals surface area contributed by atoms with E-state index in [1.807, 2.05) is 31.2 Å².